The van der Waals surface area contributed by atoms with Crippen LogP contribution in [0.15, 0.2) is 36.5 Å². The fourth-order valence-electron chi connectivity index (χ4n) is 2.56. The van der Waals surface area contributed by atoms with Crippen LogP contribution in [0.25, 0.3) is 5.57 Å². The largest absolute Gasteiger partial charge is 0.211 e. The lowest BCUT2D eigenvalue weighted by molar-refractivity contribution is 0.596. The molecule has 1 aromatic rings. The van der Waals surface area contributed by atoms with Crippen LogP contribution < -0.4 is 0 Å². The third kappa shape index (κ3) is 2.69. The molecular formula is C16H18F2N2. The van der Waals surface area contributed by atoms with Crippen molar-refractivity contribution in [3.05, 3.63) is 53.4 Å². The highest BCUT2D eigenvalue weighted by atomic mass is 19.1. The molecular weight excluding hydrogens is 258 g/mol. The van der Waals surface area contributed by atoms with E-state index in [0.29, 0.717) is 0 Å². The van der Waals surface area contributed by atoms with Crippen LogP contribution in [0.3, 0.4) is 0 Å². The summed E-state index contributed by atoms with van der Waals surface area (Å²) < 4.78 is 27.4. The van der Waals surface area contributed by atoms with Crippen molar-refractivity contribution in [3.8, 4) is 0 Å². The molecule has 0 spiro atoms. The Morgan fingerprint density at radius 1 is 1.40 bits per heavy atom. The van der Waals surface area contributed by atoms with Crippen molar-refractivity contribution >= 4 is 5.57 Å². The van der Waals surface area contributed by atoms with Crippen molar-refractivity contribution < 1.29 is 8.78 Å². The van der Waals surface area contributed by atoms with Gasteiger partial charge in [0.25, 0.3) is 0 Å². The number of nitrogens with zero attached hydrogens (tertiary/aromatic N) is 2. The Morgan fingerprint density at radius 3 is 2.75 bits per heavy atom. The van der Waals surface area contributed by atoms with Crippen LogP contribution in [0.5, 0.6) is 0 Å². The number of hydrogen-bond donors (Lipinski definition) is 0. The van der Waals surface area contributed by atoms with Gasteiger partial charge in [-0.25, -0.2) is 8.78 Å². The van der Waals surface area contributed by atoms with Gasteiger partial charge in [0.2, 0.25) is 0 Å². The molecule has 0 amide bonds. The van der Waals surface area contributed by atoms with Crippen molar-refractivity contribution in [1.82, 2.24) is 10.2 Å². The molecule has 1 aliphatic rings. The van der Waals surface area contributed by atoms with Crippen LogP contribution in [0.1, 0.15) is 49.6 Å². The Balaban J connectivity index is 2.51. The second-order valence-electron chi connectivity index (χ2n) is 4.92. The highest BCUT2D eigenvalue weighted by Crippen LogP contribution is 2.33. The van der Waals surface area contributed by atoms with E-state index in [-0.39, 0.29) is 17.2 Å². The third-order valence-corrected chi connectivity index (χ3v) is 3.60. The minimum absolute atomic E-state index is 0.108. The lowest BCUT2D eigenvalue weighted by atomic mass is 9.86. The molecule has 0 radical (unpaired) electrons. The number of aromatic nitrogens is 2. The molecule has 4 heteroatoms. The van der Waals surface area contributed by atoms with Gasteiger partial charge in [-0.3, -0.25) is 0 Å². The van der Waals surface area contributed by atoms with Crippen LogP contribution in [0.4, 0.5) is 8.78 Å². The summed E-state index contributed by atoms with van der Waals surface area (Å²) in [5.41, 5.74) is 2.04. The van der Waals surface area contributed by atoms with Gasteiger partial charge < -0.3 is 0 Å². The van der Waals surface area contributed by atoms with Gasteiger partial charge in [0.15, 0.2) is 0 Å². The maximum absolute atomic E-state index is 13.8. The summed E-state index contributed by atoms with van der Waals surface area (Å²) in [5, 5.41) is 8.18. The molecule has 1 unspecified atom stereocenters. The summed E-state index contributed by atoms with van der Waals surface area (Å²) in [6.07, 6.45) is 5.97. The Morgan fingerprint density at radius 2 is 2.15 bits per heavy atom. The van der Waals surface area contributed by atoms with E-state index in [1.165, 1.54) is 19.9 Å². The van der Waals surface area contributed by atoms with Crippen molar-refractivity contribution in [2.24, 2.45) is 0 Å². The fraction of sp³-hybridized carbons (Fsp3) is 0.375. The maximum atomic E-state index is 13.8. The predicted octanol–water partition coefficient (Wildman–Crippen LogP) is 4.66. The number of rotatable bonds is 3. The lowest BCUT2D eigenvalue weighted by Gasteiger charge is -2.21. The van der Waals surface area contributed by atoms with E-state index in [1.807, 2.05) is 6.08 Å². The van der Waals surface area contributed by atoms with Crippen molar-refractivity contribution in [2.45, 2.75) is 39.0 Å². The summed E-state index contributed by atoms with van der Waals surface area (Å²) in [6.45, 7) is 6.56. The first kappa shape index (κ1) is 14.6. The van der Waals surface area contributed by atoms with Crippen LogP contribution in [0.2, 0.25) is 0 Å². The first-order valence-corrected chi connectivity index (χ1v) is 6.76. The summed E-state index contributed by atoms with van der Waals surface area (Å²) >= 11 is 0. The van der Waals surface area contributed by atoms with Gasteiger partial charge in [-0.2, -0.15) is 10.2 Å². The van der Waals surface area contributed by atoms with Crippen LogP contribution >= 0.6 is 0 Å². The topological polar surface area (TPSA) is 25.8 Å². The molecule has 1 aliphatic carbocycles. The normalized spacial score (nSPS) is 20.2. The Hall–Kier alpha value is -1.84. The van der Waals surface area contributed by atoms with Gasteiger partial charge in [0.05, 0.1) is 17.0 Å². The highest BCUT2D eigenvalue weighted by Gasteiger charge is 2.22. The minimum Gasteiger partial charge on any atom is -0.211 e. The van der Waals surface area contributed by atoms with E-state index in [4.69, 9.17) is 0 Å². The van der Waals surface area contributed by atoms with Gasteiger partial charge >= 0.3 is 0 Å². The van der Waals surface area contributed by atoms with Crippen molar-refractivity contribution in [1.29, 1.82) is 0 Å². The van der Waals surface area contributed by atoms with Gasteiger partial charge in [0.1, 0.15) is 11.7 Å². The molecule has 0 saturated heterocycles. The zero-order chi connectivity index (χ0) is 14.7. The Labute approximate surface area is 117 Å². The van der Waals surface area contributed by atoms with Crippen LogP contribution in [-0.2, 0) is 6.42 Å². The number of fused-ring (bicyclic) bond motifs is 1. The zero-order valence-electron chi connectivity index (χ0n) is 11.8. The molecule has 0 bridgehead atoms. The smallest absolute Gasteiger partial charge is 0.131 e. The molecule has 2 rings (SSSR count). The van der Waals surface area contributed by atoms with Gasteiger partial charge in [0, 0.05) is 5.92 Å². The SMILES string of the molecule is C=CC1CCCc2cc(C(/C(F)=C\C)=C(/C)F)nnc21. The molecule has 0 N–H and O–H groups in total. The summed E-state index contributed by atoms with van der Waals surface area (Å²) in [5.74, 6) is -1.02. The number of halogens is 2. The fourth-order valence-corrected chi connectivity index (χ4v) is 2.56. The average Bonchev–Trinajstić information content (AvgIpc) is 2.45. The van der Waals surface area contributed by atoms with Crippen molar-refractivity contribution in [2.75, 3.05) is 0 Å². The predicted molar refractivity (Wildman–Crippen MR) is 76.5 cm³/mol. The molecule has 2 nitrogen and oxygen atoms in total. The second kappa shape index (κ2) is 6.07. The average molecular weight is 276 g/mol. The molecule has 0 saturated carbocycles. The van der Waals surface area contributed by atoms with Crippen LogP contribution in [-0.4, -0.2) is 10.2 Å². The number of hydrogen-bond acceptors (Lipinski definition) is 2. The summed E-state index contributed by atoms with van der Waals surface area (Å²) in [6, 6.07) is 1.75. The van der Waals surface area contributed by atoms with E-state index in [9.17, 15) is 8.78 Å². The Bertz CT molecular complexity index is 584. The van der Waals surface area contributed by atoms with E-state index in [0.717, 1.165) is 30.5 Å². The van der Waals surface area contributed by atoms with E-state index in [2.05, 4.69) is 16.8 Å². The first-order chi connectivity index (χ1) is 9.58. The highest BCUT2D eigenvalue weighted by molar-refractivity contribution is 5.76. The molecule has 1 heterocycles. The third-order valence-electron chi connectivity index (χ3n) is 3.60. The number of allylic oxidation sites excluding steroid dienone is 5. The number of aryl methyl sites for hydroxylation is 1. The van der Waals surface area contributed by atoms with Gasteiger partial charge in [-0.1, -0.05) is 12.2 Å². The van der Waals surface area contributed by atoms with E-state index >= 15 is 0 Å². The molecule has 0 aliphatic heterocycles. The zero-order valence-corrected chi connectivity index (χ0v) is 11.8. The Kier molecular flexibility index (Phi) is 4.42. The lowest BCUT2D eigenvalue weighted by Crippen LogP contribution is -2.12. The standard InChI is InChI=1S/C16H18F2N2/c1-4-11-7-6-8-12-9-14(19-20-16(11)12)15(10(3)17)13(18)5-2/h4-5,9,11H,1,6-8H2,2-3H3/b13-5+,15-10-. The molecule has 0 aromatic carbocycles. The molecule has 106 valence electrons. The monoisotopic (exact) mass is 276 g/mol. The van der Waals surface area contributed by atoms with Gasteiger partial charge in [-0.15, -0.1) is 6.58 Å². The molecule has 1 aromatic heterocycles. The summed E-state index contributed by atoms with van der Waals surface area (Å²) in [4.78, 5) is 0. The van der Waals surface area contributed by atoms with E-state index in [1.54, 1.807) is 6.07 Å². The van der Waals surface area contributed by atoms with Gasteiger partial charge in [-0.05, 0) is 44.7 Å². The molecule has 1 atom stereocenters. The van der Waals surface area contributed by atoms with Crippen LogP contribution in [0, 0.1) is 0 Å². The van der Waals surface area contributed by atoms with Crippen molar-refractivity contribution in [3.63, 3.8) is 0 Å². The quantitative estimate of drug-likeness (QED) is 0.593. The first-order valence-electron chi connectivity index (χ1n) is 6.76. The van der Waals surface area contributed by atoms with E-state index < -0.39 is 11.7 Å². The summed E-state index contributed by atoms with van der Waals surface area (Å²) in [7, 11) is 0. The minimum atomic E-state index is -0.615. The molecule has 0 fully saturated rings. The maximum Gasteiger partial charge on any atom is 0.131 e. The molecule has 20 heavy (non-hydrogen) atoms. The second-order valence-corrected chi connectivity index (χ2v) is 4.92.